The van der Waals surface area contributed by atoms with E-state index in [2.05, 4.69) is 17.3 Å². The zero-order valence-electron chi connectivity index (χ0n) is 10.9. The molecular weight excluding hydrogens is 230 g/mol. The highest BCUT2D eigenvalue weighted by Gasteiger charge is 2.44. The number of hydrogen-bond acceptors (Lipinski definition) is 3. The Balaban J connectivity index is 1.69. The zero-order valence-corrected chi connectivity index (χ0v) is 10.9. The van der Waals surface area contributed by atoms with Crippen molar-refractivity contribution in [2.24, 2.45) is 5.92 Å². The van der Waals surface area contributed by atoms with Gasteiger partial charge in [0.05, 0.1) is 6.54 Å². The first-order valence-corrected chi connectivity index (χ1v) is 6.93. The monoisotopic (exact) mass is 251 g/mol. The first-order valence-electron chi connectivity index (χ1n) is 6.93. The molecule has 5 nitrogen and oxygen atoms in total. The first-order chi connectivity index (χ1) is 8.65. The van der Waals surface area contributed by atoms with E-state index in [-0.39, 0.29) is 30.4 Å². The molecule has 18 heavy (non-hydrogen) atoms. The maximum absolute atomic E-state index is 12.4. The predicted molar refractivity (Wildman–Crippen MR) is 66.9 cm³/mol. The second-order valence-corrected chi connectivity index (χ2v) is 5.88. The second kappa shape index (κ2) is 4.53. The molecular formula is C13H21N3O2. The number of carbonyl (C=O) groups is 2. The van der Waals surface area contributed by atoms with Crippen molar-refractivity contribution in [2.75, 3.05) is 26.7 Å². The van der Waals surface area contributed by atoms with Gasteiger partial charge >= 0.3 is 0 Å². The molecule has 1 unspecified atom stereocenters. The second-order valence-electron chi connectivity index (χ2n) is 5.88. The van der Waals surface area contributed by atoms with Crippen LogP contribution >= 0.6 is 0 Å². The van der Waals surface area contributed by atoms with Crippen LogP contribution in [0.15, 0.2) is 0 Å². The maximum Gasteiger partial charge on any atom is 0.246 e. The lowest BCUT2D eigenvalue weighted by Crippen LogP contribution is -2.62. The van der Waals surface area contributed by atoms with E-state index >= 15 is 0 Å². The molecule has 0 spiro atoms. The first kappa shape index (κ1) is 12.0. The van der Waals surface area contributed by atoms with Gasteiger partial charge in [-0.1, -0.05) is 0 Å². The van der Waals surface area contributed by atoms with Crippen molar-refractivity contribution in [1.29, 1.82) is 0 Å². The molecule has 3 fully saturated rings. The molecule has 0 aromatic carbocycles. The summed E-state index contributed by atoms with van der Waals surface area (Å²) in [7, 11) is 2.11. The van der Waals surface area contributed by atoms with Gasteiger partial charge in [-0.05, 0) is 51.7 Å². The number of hydrogen-bond donors (Lipinski definition) is 1. The summed E-state index contributed by atoms with van der Waals surface area (Å²) in [6.45, 7) is 2.30. The number of carbonyl (C=O) groups excluding carboxylic acids is 2. The molecule has 100 valence electrons. The van der Waals surface area contributed by atoms with E-state index in [1.807, 2.05) is 4.90 Å². The van der Waals surface area contributed by atoms with E-state index in [0.717, 1.165) is 38.8 Å². The minimum Gasteiger partial charge on any atom is -0.342 e. The lowest BCUT2D eigenvalue weighted by molar-refractivity contribution is -0.148. The van der Waals surface area contributed by atoms with Crippen LogP contribution < -0.4 is 5.32 Å². The summed E-state index contributed by atoms with van der Waals surface area (Å²) in [4.78, 5) is 28.3. The highest BCUT2D eigenvalue weighted by atomic mass is 16.2. The summed E-state index contributed by atoms with van der Waals surface area (Å²) >= 11 is 0. The summed E-state index contributed by atoms with van der Waals surface area (Å²) in [5, 5.41) is 2.87. The number of rotatable bonds is 2. The molecule has 2 aliphatic heterocycles. The Morgan fingerprint density at radius 1 is 1.11 bits per heavy atom. The number of piperidine rings is 1. The maximum atomic E-state index is 12.4. The Bertz CT molecular complexity index is 359. The fourth-order valence-corrected chi connectivity index (χ4v) is 3.06. The normalized spacial score (nSPS) is 31.6. The number of nitrogens with zero attached hydrogens (tertiary/aromatic N) is 2. The van der Waals surface area contributed by atoms with Gasteiger partial charge in [-0.25, -0.2) is 0 Å². The standard InChI is InChI=1S/C13H21N3O2/c1-15-6-4-10(5-7-15)16-8-11(17)14-12(13(16)18)9-2-3-9/h9-10,12H,2-8H2,1H3,(H,14,17). The molecule has 0 radical (unpaired) electrons. The molecule has 3 aliphatic rings. The van der Waals surface area contributed by atoms with Crippen molar-refractivity contribution in [1.82, 2.24) is 15.1 Å². The van der Waals surface area contributed by atoms with Crippen LogP contribution in [0, 0.1) is 5.92 Å². The Labute approximate surface area is 107 Å². The number of likely N-dealkylation sites (tertiary alicyclic amines) is 1. The minimum atomic E-state index is -0.231. The van der Waals surface area contributed by atoms with Crippen molar-refractivity contribution < 1.29 is 9.59 Å². The molecule has 0 aromatic rings. The number of piperazine rings is 1. The van der Waals surface area contributed by atoms with Crippen molar-refractivity contribution in [2.45, 2.75) is 37.8 Å². The fraction of sp³-hybridized carbons (Fsp3) is 0.846. The van der Waals surface area contributed by atoms with Crippen molar-refractivity contribution >= 4 is 11.8 Å². The molecule has 0 aromatic heterocycles. The van der Waals surface area contributed by atoms with Gasteiger partial charge in [0.2, 0.25) is 11.8 Å². The third-order valence-corrected chi connectivity index (χ3v) is 4.40. The predicted octanol–water partition coefficient (Wildman–Crippen LogP) is -0.182. The van der Waals surface area contributed by atoms with E-state index in [4.69, 9.17) is 0 Å². The van der Waals surface area contributed by atoms with Crippen LogP contribution in [0.25, 0.3) is 0 Å². The molecule has 1 N–H and O–H groups in total. The molecule has 2 amide bonds. The fourth-order valence-electron chi connectivity index (χ4n) is 3.06. The molecule has 1 atom stereocenters. The average Bonchev–Trinajstić information content (AvgIpc) is 3.17. The van der Waals surface area contributed by atoms with Gasteiger partial charge in [0.1, 0.15) is 6.04 Å². The highest BCUT2D eigenvalue weighted by Crippen LogP contribution is 2.35. The third kappa shape index (κ3) is 2.23. The van der Waals surface area contributed by atoms with Crippen LogP contribution in [0.3, 0.4) is 0 Å². The Morgan fingerprint density at radius 3 is 2.39 bits per heavy atom. The van der Waals surface area contributed by atoms with Gasteiger partial charge < -0.3 is 15.1 Å². The Morgan fingerprint density at radius 2 is 1.78 bits per heavy atom. The summed E-state index contributed by atoms with van der Waals surface area (Å²) in [5.41, 5.74) is 0. The summed E-state index contributed by atoms with van der Waals surface area (Å²) in [6.07, 6.45) is 4.15. The van der Waals surface area contributed by atoms with Crippen LogP contribution in [0.4, 0.5) is 0 Å². The van der Waals surface area contributed by atoms with E-state index in [1.165, 1.54) is 0 Å². The Kier molecular flexibility index (Phi) is 3.01. The van der Waals surface area contributed by atoms with Crippen LogP contribution in [0.5, 0.6) is 0 Å². The van der Waals surface area contributed by atoms with Gasteiger partial charge in [-0.3, -0.25) is 9.59 Å². The summed E-state index contributed by atoms with van der Waals surface area (Å²) in [6, 6.07) is 0.0342. The molecule has 0 bridgehead atoms. The smallest absolute Gasteiger partial charge is 0.246 e. The average molecular weight is 251 g/mol. The minimum absolute atomic E-state index is 0.0189. The molecule has 2 saturated heterocycles. The van der Waals surface area contributed by atoms with Crippen LogP contribution in [0.1, 0.15) is 25.7 Å². The molecule has 1 saturated carbocycles. The summed E-state index contributed by atoms with van der Waals surface area (Å²) in [5.74, 6) is 0.576. The topological polar surface area (TPSA) is 52.6 Å². The van der Waals surface area contributed by atoms with E-state index in [1.54, 1.807) is 0 Å². The van der Waals surface area contributed by atoms with Gasteiger partial charge in [0.15, 0.2) is 0 Å². The lowest BCUT2D eigenvalue weighted by Gasteiger charge is -2.41. The van der Waals surface area contributed by atoms with E-state index in [9.17, 15) is 9.59 Å². The van der Waals surface area contributed by atoms with Crippen LogP contribution in [0.2, 0.25) is 0 Å². The molecule has 1 aliphatic carbocycles. The highest BCUT2D eigenvalue weighted by molar-refractivity contribution is 5.95. The quantitative estimate of drug-likeness (QED) is 0.740. The third-order valence-electron chi connectivity index (χ3n) is 4.40. The lowest BCUT2D eigenvalue weighted by atomic mass is 9.99. The molecule has 2 heterocycles. The van der Waals surface area contributed by atoms with Crippen molar-refractivity contribution in [3.63, 3.8) is 0 Å². The van der Waals surface area contributed by atoms with E-state index in [0.29, 0.717) is 5.92 Å². The van der Waals surface area contributed by atoms with Gasteiger partial charge in [0, 0.05) is 6.04 Å². The number of nitrogens with one attached hydrogen (secondary N) is 1. The van der Waals surface area contributed by atoms with Gasteiger partial charge in [-0.15, -0.1) is 0 Å². The number of amides is 2. The molecule has 5 heteroatoms. The van der Waals surface area contributed by atoms with Crippen molar-refractivity contribution in [3.8, 4) is 0 Å². The SMILES string of the molecule is CN1CCC(N2CC(=O)NC(C3CC3)C2=O)CC1. The molecule has 3 rings (SSSR count). The van der Waals surface area contributed by atoms with Crippen molar-refractivity contribution in [3.05, 3.63) is 0 Å². The Hall–Kier alpha value is -1.10. The zero-order chi connectivity index (χ0) is 12.7. The van der Waals surface area contributed by atoms with Crippen LogP contribution in [-0.2, 0) is 9.59 Å². The van der Waals surface area contributed by atoms with Gasteiger partial charge in [0.25, 0.3) is 0 Å². The van der Waals surface area contributed by atoms with E-state index < -0.39 is 0 Å². The van der Waals surface area contributed by atoms with Gasteiger partial charge in [-0.2, -0.15) is 0 Å². The summed E-state index contributed by atoms with van der Waals surface area (Å²) < 4.78 is 0. The van der Waals surface area contributed by atoms with Crippen LogP contribution in [-0.4, -0.2) is 60.4 Å². The largest absolute Gasteiger partial charge is 0.342 e.